The van der Waals surface area contributed by atoms with Crippen LogP contribution in [0.3, 0.4) is 0 Å². The van der Waals surface area contributed by atoms with Gasteiger partial charge in [0.1, 0.15) is 29.6 Å². The summed E-state index contributed by atoms with van der Waals surface area (Å²) in [6.07, 6.45) is 2.62. The van der Waals surface area contributed by atoms with Crippen LogP contribution in [0, 0.1) is 5.82 Å². The van der Waals surface area contributed by atoms with Gasteiger partial charge in [0.25, 0.3) is 5.91 Å². The van der Waals surface area contributed by atoms with E-state index < -0.39 is 11.9 Å². The molecule has 7 nitrogen and oxygen atoms in total. The Morgan fingerprint density at radius 1 is 1.10 bits per heavy atom. The van der Waals surface area contributed by atoms with Gasteiger partial charge >= 0.3 is 5.97 Å². The summed E-state index contributed by atoms with van der Waals surface area (Å²) in [5.41, 5.74) is 1.06. The number of hydrogen-bond donors (Lipinski definition) is 2. The largest absolute Gasteiger partial charge is 0.488 e. The van der Waals surface area contributed by atoms with Crippen molar-refractivity contribution in [2.24, 2.45) is 0 Å². The van der Waals surface area contributed by atoms with E-state index in [0.717, 1.165) is 6.20 Å². The number of nitrogens with one attached hydrogen (secondary N) is 1. The maximum Gasteiger partial charge on any atom is 0.337 e. The highest BCUT2D eigenvalue weighted by Gasteiger charge is 2.15. The number of anilines is 1. The lowest BCUT2D eigenvalue weighted by molar-refractivity contribution is 0.0696. The third-order valence-corrected chi connectivity index (χ3v) is 4.39. The molecule has 0 radical (unpaired) electrons. The van der Waals surface area contributed by atoms with Crippen LogP contribution in [-0.4, -0.2) is 22.0 Å². The Morgan fingerprint density at radius 2 is 1.93 bits per heavy atom. The molecule has 0 saturated heterocycles. The maximum absolute atomic E-state index is 13.9. The molecule has 0 aliphatic rings. The zero-order valence-electron chi connectivity index (χ0n) is 15.5. The molecule has 4 rings (SSSR count). The van der Waals surface area contributed by atoms with Crippen molar-refractivity contribution >= 4 is 28.7 Å². The minimum Gasteiger partial charge on any atom is -0.488 e. The number of aromatic carboxylic acids is 1. The number of rotatable bonds is 6. The minimum atomic E-state index is -1.11. The fourth-order valence-electron chi connectivity index (χ4n) is 2.84. The number of aromatic nitrogens is 1. The zero-order chi connectivity index (χ0) is 21.1. The molecule has 0 saturated carbocycles. The number of carboxylic acid groups (broad SMARTS) is 1. The second-order valence-corrected chi connectivity index (χ2v) is 6.38. The highest BCUT2D eigenvalue weighted by Crippen LogP contribution is 2.30. The summed E-state index contributed by atoms with van der Waals surface area (Å²) < 4.78 is 25.0. The second-order valence-electron chi connectivity index (χ2n) is 6.38. The van der Waals surface area contributed by atoms with Gasteiger partial charge in [-0.25, -0.2) is 14.2 Å². The van der Waals surface area contributed by atoms with Crippen molar-refractivity contribution in [1.29, 1.82) is 0 Å². The normalized spacial score (nSPS) is 10.7. The number of carbonyl (C=O) groups is 2. The molecule has 8 heteroatoms. The van der Waals surface area contributed by atoms with Crippen molar-refractivity contribution in [3.05, 3.63) is 89.6 Å². The Kier molecular flexibility index (Phi) is 5.13. The molecule has 0 aliphatic carbocycles. The van der Waals surface area contributed by atoms with Crippen LogP contribution < -0.4 is 10.1 Å². The SMILES string of the molecule is O=C(O)c1ccc(NC(=O)c2cc(OCc3ccccc3F)c3ccoc3c2)nc1. The first-order chi connectivity index (χ1) is 14.5. The predicted molar refractivity (Wildman–Crippen MR) is 106 cm³/mol. The van der Waals surface area contributed by atoms with Crippen LogP contribution >= 0.6 is 0 Å². The third kappa shape index (κ3) is 3.97. The van der Waals surface area contributed by atoms with Gasteiger partial charge in [0.15, 0.2) is 0 Å². The van der Waals surface area contributed by atoms with E-state index in [4.69, 9.17) is 14.3 Å². The van der Waals surface area contributed by atoms with E-state index in [9.17, 15) is 14.0 Å². The molecular weight excluding hydrogens is 391 g/mol. The number of hydrogen-bond acceptors (Lipinski definition) is 5. The number of halogens is 1. The van der Waals surface area contributed by atoms with Crippen LogP contribution in [0.5, 0.6) is 5.75 Å². The van der Waals surface area contributed by atoms with Crippen molar-refractivity contribution in [1.82, 2.24) is 4.98 Å². The average molecular weight is 406 g/mol. The second kappa shape index (κ2) is 8.04. The van der Waals surface area contributed by atoms with Crippen molar-refractivity contribution in [3.8, 4) is 5.75 Å². The first-order valence-electron chi connectivity index (χ1n) is 8.89. The number of fused-ring (bicyclic) bond motifs is 1. The summed E-state index contributed by atoms with van der Waals surface area (Å²) in [7, 11) is 0. The number of carboxylic acids is 1. The first kappa shape index (κ1) is 19.1. The summed E-state index contributed by atoms with van der Waals surface area (Å²) in [6, 6.07) is 13.8. The minimum absolute atomic E-state index is 0.00818. The predicted octanol–water partition coefficient (Wildman–Crippen LogP) is 4.50. The van der Waals surface area contributed by atoms with Gasteiger partial charge in [-0.05, 0) is 36.4 Å². The molecule has 0 bridgehead atoms. The van der Waals surface area contributed by atoms with E-state index in [1.54, 1.807) is 30.3 Å². The van der Waals surface area contributed by atoms with Crippen LogP contribution in [0.25, 0.3) is 11.0 Å². The highest BCUT2D eigenvalue weighted by atomic mass is 19.1. The summed E-state index contributed by atoms with van der Waals surface area (Å²) in [6.45, 7) is -0.0176. The van der Waals surface area contributed by atoms with E-state index in [0.29, 0.717) is 22.3 Å². The number of ether oxygens (including phenoxy) is 1. The van der Waals surface area contributed by atoms with Gasteiger partial charge in [0, 0.05) is 17.3 Å². The molecule has 0 spiro atoms. The van der Waals surface area contributed by atoms with Gasteiger partial charge in [-0.1, -0.05) is 18.2 Å². The molecule has 2 heterocycles. The number of benzene rings is 2. The van der Waals surface area contributed by atoms with E-state index in [1.165, 1.54) is 30.5 Å². The van der Waals surface area contributed by atoms with Crippen molar-refractivity contribution < 1.29 is 28.2 Å². The quantitative estimate of drug-likeness (QED) is 0.489. The molecule has 150 valence electrons. The van der Waals surface area contributed by atoms with Crippen LogP contribution in [0.1, 0.15) is 26.3 Å². The van der Waals surface area contributed by atoms with Crippen molar-refractivity contribution in [3.63, 3.8) is 0 Å². The summed E-state index contributed by atoms with van der Waals surface area (Å²) in [5.74, 6) is -1.42. The van der Waals surface area contributed by atoms with E-state index in [2.05, 4.69) is 10.3 Å². The Bertz CT molecular complexity index is 1230. The lowest BCUT2D eigenvalue weighted by Gasteiger charge is -2.10. The van der Waals surface area contributed by atoms with E-state index in [-0.39, 0.29) is 29.4 Å². The molecule has 2 N–H and O–H groups in total. The molecule has 0 atom stereocenters. The van der Waals surface area contributed by atoms with E-state index in [1.807, 2.05) is 0 Å². The summed E-state index contributed by atoms with van der Waals surface area (Å²) in [5, 5.41) is 12.2. The topological polar surface area (TPSA) is 102 Å². The van der Waals surface area contributed by atoms with Gasteiger partial charge in [-0.15, -0.1) is 0 Å². The Morgan fingerprint density at radius 3 is 2.67 bits per heavy atom. The molecular formula is C22H15FN2O5. The van der Waals surface area contributed by atoms with Crippen LogP contribution in [0.4, 0.5) is 10.2 Å². The Balaban J connectivity index is 1.57. The number of pyridine rings is 1. The van der Waals surface area contributed by atoms with Crippen molar-refractivity contribution in [2.75, 3.05) is 5.32 Å². The van der Waals surface area contributed by atoms with Crippen LogP contribution in [0.15, 0.2) is 71.5 Å². The van der Waals surface area contributed by atoms with Gasteiger partial charge < -0.3 is 19.6 Å². The number of furan rings is 1. The number of nitrogens with zero attached hydrogens (tertiary/aromatic N) is 1. The molecule has 4 aromatic rings. The van der Waals surface area contributed by atoms with Crippen LogP contribution in [-0.2, 0) is 6.61 Å². The number of amides is 1. The average Bonchev–Trinajstić information content (AvgIpc) is 3.22. The van der Waals surface area contributed by atoms with Gasteiger partial charge in [-0.2, -0.15) is 0 Å². The molecule has 2 aromatic carbocycles. The lowest BCUT2D eigenvalue weighted by atomic mass is 10.1. The maximum atomic E-state index is 13.9. The lowest BCUT2D eigenvalue weighted by Crippen LogP contribution is -2.13. The fraction of sp³-hybridized carbons (Fsp3) is 0.0455. The summed E-state index contributed by atoms with van der Waals surface area (Å²) in [4.78, 5) is 27.5. The summed E-state index contributed by atoms with van der Waals surface area (Å²) >= 11 is 0. The van der Waals surface area contributed by atoms with Gasteiger partial charge in [0.05, 0.1) is 17.2 Å². The molecule has 0 aliphatic heterocycles. The highest BCUT2D eigenvalue weighted by molar-refractivity contribution is 6.06. The monoisotopic (exact) mass is 406 g/mol. The fourth-order valence-corrected chi connectivity index (χ4v) is 2.84. The molecule has 0 unspecified atom stereocenters. The molecule has 30 heavy (non-hydrogen) atoms. The van der Waals surface area contributed by atoms with Gasteiger partial charge in [0.2, 0.25) is 0 Å². The number of carbonyl (C=O) groups excluding carboxylic acids is 1. The Hall–Kier alpha value is -4.20. The standard InChI is InChI=1S/C22H15FN2O5/c23-17-4-2-1-3-14(17)12-30-19-10-15(9-18-16(19)7-8-29-18)21(26)25-20-6-5-13(11-24-20)22(27)28/h1-11H,12H2,(H,27,28)(H,24,25,26). The van der Waals surface area contributed by atoms with E-state index >= 15 is 0 Å². The smallest absolute Gasteiger partial charge is 0.337 e. The third-order valence-electron chi connectivity index (χ3n) is 4.39. The van der Waals surface area contributed by atoms with Crippen LogP contribution in [0.2, 0.25) is 0 Å². The first-order valence-corrected chi connectivity index (χ1v) is 8.89. The van der Waals surface area contributed by atoms with Crippen molar-refractivity contribution in [2.45, 2.75) is 6.61 Å². The zero-order valence-corrected chi connectivity index (χ0v) is 15.5. The molecule has 1 amide bonds. The van der Waals surface area contributed by atoms with Gasteiger partial charge in [-0.3, -0.25) is 4.79 Å². The Labute approximate surface area is 169 Å². The molecule has 0 fully saturated rings. The molecule has 2 aromatic heterocycles.